The lowest BCUT2D eigenvalue weighted by molar-refractivity contribution is 0.0571. The monoisotopic (exact) mass is 212 g/mol. The van der Waals surface area contributed by atoms with Gasteiger partial charge in [-0.25, -0.2) is 4.68 Å². The van der Waals surface area contributed by atoms with Gasteiger partial charge in [-0.2, -0.15) is 0 Å². The smallest absolute Gasteiger partial charge is 0.0994 e. The van der Waals surface area contributed by atoms with Crippen molar-refractivity contribution >= 4 is 0 Å². The van der Waals surface area contributed by atoms with Gasteiger partial charge in [0.05, 0.1) is 30.1 Å². The number of nitrogens with two attached hydrogens (primary N) is 1. The Morgan fingerprint density at radius 3 is 2.80 bits per heavy atom. The third kappa shape index (κ3) is 3.97. The van der Waals surface area contributed by atoms with Gasteiger partial charge in [-0.1, -0.05) is 18.6 Å². The van der Waals surface area contributed by atoms with E-state index in [-0.39, 0.29) is 6.04 Å². The van der Waals surface area contributed by atoms with Crippen LogP contribution in [0.1, 0.15) is 45.3 Å². The number of hydrogen-bond acceptors (Lipinski definition) is 4. The van der Waals surface area contributed by atoms with Gasteiger partial charge < -0.3 is 10.8 Å². The quantitative estimate of drug-likeness (QED) is 0.758. The van der Waals surface area contributed by atoms with Crippen molar-refractivity contribution in [3.8, 4) is 0 Å². The van der Waals surface area contributed by atoms with Crippen molar-refractivity contribution in [2.75, 3.05) is 0 Å². The van der Waals surface area contributed by atoms with Crippen molar-refractivity contribution in [3.63, 3.8) is 0 Å². The number of nitrogens with zero attached hydrogens (tertiary/aromatic N) is 3. The Morgan fingerprint density at radius 2 is 2.27 bits per heavy atom. The summed E-state index contributed by atoms with van der Waals surface area (Å²) in [5.74, 6) is 0. The van der Waals surface area contributed by atoms with Crippen molar-refractivity contribution in [3.05, 3.63) is 11.9 Å². The maximum atomic E-state index is 9.60. The van der Waals surface area contributed by atoms with Crippen LogP contribution in [0.2, 0.25) is 0 Å². The normalized spacial score (nSPS) is 14.2. The van der Waals surface area contributed by atoms with Crippen molar-refractivity contribution in [1.82, 2.24) is 15.0 Å². The molecule has 86 valence electrons. The summed E-state index contributed by atoms with van der Waals surface area (Å²) in [6.45, 7) is 5.99. The molecule has 15 heavy (non-hydrogen) atoms. The van der Waals surface area contributed by atoms with E-state index in [9.17, 15) is 5.11 Å². The molecule has 0 saturated heterocycles. The third-order valence-corrected chi connectivity index (χ3v) is 2.08. The molecule has 0 spiro atoms. The number of hydrogen-bond donors (Lipinski definition) is 2. The highest BCUT2D eigenvalue weighted by Gasteiger charge is 2.16. The van der Waals surface area contributed by atoms with Crippen molar-refractivity contribution in [1.29, 1.82) is 0 Å². The maximum Gasteiger partial charge on any atom is 0.0994 e. The fraction of sp³-hybridized carbons (Fsp3) is 0.800. The molecule has 1 rings (SSSR count). The van der Waals surface area contributed by atoms with E-state index in [0.717, 1.165) is 18.5 Å². The van der Waals surface area contributed by atoms with Crippen molar-refractivity contribution < 1.29 is 5.11 Å². The van der Waals surface area contributed by atoms with E-state index in [1.54, 1.807) is 24.7 Å². The van der Waals surface area contributed by atoms with Crippen LogP contribution in [-0.4, -0.2) is 25.7 Å². The van der Waals surface area contributed by atoms with Crippen LogP contribution in [0.5, 0.6) is 0 Å². The molecule has 0 radical (unpaired) electrons. The van der Waals surface area contributed by atoms with Crippen LogP contribution < -0.4 is 5.73 Å². The van der Waals surface area contributed by atoms with Crippen molar-refractivity contribution in [2.45, 2.75) is 51.8 Å². The molecule has 0 fully saturated rings. The van der Waals surface area contributed by atoms with Crippen LogP contribution in [0.15, 0.2) is 6.20 Å². The Bertz CT molecular complexity index is 303. The van der Waals surface area contributed by atoms with Gasteiger partial charge in [0.25, 0.3) is 0 Å². The lowest BCUT2D eigenvalue weighted by Gasteiger charge is -2.15. The molecule has 0 amide bonds. The molecule has 1 aromatic heterocycles. The van der Waals surface area contributed by atoms with E-state index in [1.807, 2.05) is 0 Å². The minimum absolute atomic E-state index is 0.0504. The minimum atomic E-state index is -0.778. The second-order valence-corrected chi connectivity index (χ2v) is 4.55. The fourth-order valence-electron chi connectivity index (χ4n) is 1.42. The summed E-state index contributed by atoms with van der Waals surface area (Å²) in [4.78, 5) is 0. The Balaban J connectivity index is 2.64. The topological polar surface area (TPSA) is 77.0 Å². The molecule has 1 atom stereocenters. The molecule has 5 heteroatoms. The predicted molar refractivity (Wildman–Crippen MR) is 58.2 cm³/mol. The zero-order valence-electron chi connectivity index (χ0n) is 9.64. The van der Waals surface area contributed by atoms with Crippen LogP contribution >= 0.6 is 0 Å². The minimum Gasteiger partial charge on any atom is -0.389 e. The summed E-state index contributed by atoms with van der Waals surface area (Å²) in [5, 5.41) is 17.5. The maximum absolute atomic E-state index is 9.60. The van der Waals surface area contributed by atoms with E-state index in [2.05, 4.69) is 17.2 Å². The molecule has 0 aromatic carbocycles. The van der Waals surface area contributed by atoms with Gasteiger partial charge in [-0.3, -0.25) is 0 Å². The lowest BCUT2D eigenvalue weighted by atomic mass is 10.1. The van der Waals surface area contributed by atoms with E-state index in [1.165, 1.54) is 0 Å². The Kier molecular flexibility index (Phi) is 3.82. The second kappa shape index (κ2) is 4.72. The first kappa shape index (κ1) is 12.1. The highest BCUT2D eigenvalue weighted by atomic mass is 16.3. The molecule has 1 aromatic rings. The summed E-state index contributed by atoms with van der Waals surface area (Å²) in [6.07, 6.45) is 3.74. The van der Waals surface area contributed by atoms with Gasteiger partial charge in [0.1, 0.15) is 0 Å². The summed E-state index contributed by atoms with van der Waals surface area (Å²) in [7, 11) is 0. The van der Waals surface area contributed by atoms with E-state index < -0.39 is 5.60 Å². The molecule has 0 aliphatic carbocycles. The average Bonchev–Trinajstić information content (AvgIpc) is 2.50. The predicted octanol–water partition coefficient (Wildman–Crippen LogP) is 0.849. The first-order valence-electron chi connectivity index (χ1n) is 5.30. The average molecular weight is 212 g/mol. The van der Waals surface area contributed by atoms with Gasteiger partial charge in [-0.05, 0) is 20.3 Å². The lowest BCUT2D eigenvalue weighted by Crippen LogP contribution is -2.26. The zero-order chi connectivity index (χ0) is 11.5. The van der Waals surface area contributed by atoms with Crippen molar-refractivity contribution in [2.24, 2.45) is 5.73 Å². The highest BCUT2D eigenvalue weighted by molar-refractivity contribution is 4.99. The Labute approximate surface area is 90.3 Å². The molecule has 0 saturated carbocycles. The summed E-state index contributed by atoms with van der Waals surface area (Å²) >= 11 is 0. The van der Waals surface area contributed by atoms with E-state index in [0.29, 0.717) is 6.54 Å². The van der Waals surface area contributed by atoms with Crippen LogP contribution in [0.3, 0.4) is 0 Å². The summed E-state index contributed by atoms with van der Waals surface area (Å²) < 4.78 is 1.63. The van der Waals surface area contributed by atoms with Gasteiger partial charge in [-0.15, -0.1) is 5.10 Å². The summed E-state index contributed by atoms with van der Waals surface area (Å²) in [6, 6.07) is -0.0504. The fourth-order valence-corrected chi connectivity index (χ4v) is 1.42. The molecule has 1 unspecified atom stereocenters. The SMILES string of the molecule is CCCC(N)c1cn(CC(C)(C)O)nn1. The number of aromatic nitrogens is 3. The van der Waals surface area contributed by atoms with Gasteiger partial charge in [0.15, 0.2) is 0 Å². The second-order valence-electron chi connectivity index (χ2n) is 4.55. The Morgan fingerprint density at radius 1 is 1.60 bits per heavy atom. The van der Waals surface area contributed by atoms with E-state index >= 15 is 0 Å². The van der Waals surface area contributed by atoms with Crippen LogP contribution in [0.4, 0.5) is 0 Å². The molecule has 0 bridgehead atoms. The van der Waals surface area contributed by atoms with Gasteiger partial charge >= 0.3 is 0 Å². The van der Waals surface area contributed by atoms with Crippen LogP contribution in [-0.2, 0) is 6.54 Å². The van der Waals surface area contributed by atoms with E-state index in [4.69, 9.17) is 5.73 Å². The largest absolute Gasteiger partial charge is 0.389 e. The van der Waals surface area contributed by atoms with Gasteiger partial charge in [0.2, 0.25) is 0 Å². The Hall–Kier alpha value is -0.940. The molecule has 5 nitrogen and oxygen atoms in total. The molecular formula is C10H20N4O. The third-order valence-electron chi connectivity index (χ3n) is 2.08. The number of aliphatic hydroxyl groups is 1. The molecule has 0 aliphatic rings. The first-order chi connectivity index (χ1) is 6.92. The van der Waals surface area contributed by atoms with Gasteiger partial charge in [0, 0.05) is 0 Å². The molecular weight excluding hydrogens is 192 g/mol. The van der Waals surface area contributed by atoms with Crippen LogP contribution in [0.25, 0.3) is 0 Å². The standard InChI is InChI=1S/C10H20N4O/c1-4-5-8(11)9-6-14(13-12-9)7-10(2,3)15/h6,8,15H,4-5,7,11H2,1-3H3. The first-order valence-corrected chi connectivity index (χ1v) is 5.30. The molecule has 1 heterocycles. The zero-order valence-corrected chi connectivity index (χ0v) is 9.64. The molecule has 0 aliphatic heterocycles. The summed E-state index contributed by atoms with van der Waals surface area (Å²) in [5.41, 5.74) is 5.92. The highest BCUT2D eigenvalue weighted by Crippen LogP contribution is 2.13. The molecule has 3 N–H and O–H groups in total. The number of rotatable bonds is 5. The van der Waals surface area contributed by atoms with Crippen LogP contribution in [0, 0.1) is 0 Å².